The summed E-state index contributed by atoms with van der Waals surface area (Å²) in [6.45, 7) is 12.4. The van der Waals surface area contributed by atoms with Gasteiger partial charge in [0.2, 0.25) is 0 Å². The van der Waals surface area contributed by atoms with Crippen molar-refractivity contribution in [3.8, 4) is 5.75 Å². The molecule has 0 bridgehead atoms. The lowest BCUT2D eigenvalue weighted by Crippen LogP contribution is -2.44. The van der Waals surface area contributed by atoms with Gasteiger partial charge in [-0.1, -0.05) is 45.4 Å². The quantitative estimate of drug-likeness (QED) is 0.403. The topological polar surface area (TPSA) is 55.8 Å². The van der Waals surface area contributed by atoms with Gasteiger partial charge < -0.3 is 14.4 Å². The number of Topliss-reactive ketones (excluding diaryl/α,β-unsaturated/α-hetero) is 2. The molecule has 0 N–H and O–H groups in total. The highest BCUT2D eigenvalue weighted by Crippen LogP contribution is 2.54. The maximum Gasteiger partial charge on any atom is 0.162 e. The first-order valence-electron chi connectivity index (χ1n) is 12.7. The van der Waals surface area contributed by atoms with Crippen molar-refractivity contribution in [1.82, 2.24) is 4.90 Å². The number of allylic oxidation sites excluding steroid dienone is 4. The molecule has 1 aliphatic heterocycles. The minimum atomic E-state index is -0.390. The average molecular weight is 500 g/mol. The van der Waals surface area contributed by atoms with E-state index in [-0.39, 0.29) is 28.3 Å². The maximum absolute atomic E-state index is 13.8. The number of benzene rings is 1. The first-order valence-corrected chi connectivity index (χ1v) is 13.1. The average Bonchev–Trinajstić information content (AvgIpc) is 2.74. The van der Waals surface area contributed by atoms with Crippen molar-refractivity contribution in [3.05, 3.63) is 51.3 Å². The zero-order chi connectivity index (χ0) is 25.5. The molecule has 35 heavy (non-hydrogen) atoms. The maximum atomic E-state index is 13.8. The lowest BCUT2D eigenvalue weighted by atomic mass is 9.63. The van der Waals surface area contributed by atoms with Crippen molar-refractivity contribution in [3.63, 3.8) is 0 Å². The molecule has 1 aromatic carbocycles. The molecule has 0 unspecified atom stereocenters. The number of methoxy groups -OCH3 is 1. The van der Waals surface area contributed by atoms with Crippen LogP contribution in [-0.4, -0.2) is 43.3 Å². The third-order valence-electron chi connectivity index (χ3n) is 7.34. The number of halogens is 1. The summed E-state index contributed by atoms with van der Waals surface area (Å²) in [5.41, 5.74) is 4.30. The Morgan fingerprint density at radius 3 is 2.03 bits per heavy atom. The second-order valence-corrected chi connectivity index (χ2v) is 12.1. The van der Waals surface area contributed by atoms with Crippen molar-refractivity contribution in [1.29, 1.82) is 0 Å². The fourth-order valence-corrected chi connectivity index (χ4v) is 6.23. The molecule has 5 nitrogen and oxygen atoms in total. The van der Waals surface area contributed by atoms with Crippen molar-refractivity contribution >= 4 is 23.2 Å². The molecule has 190 valence electrons. The molecule has 6 heteroatoms. The van der Waals surface area contributed by atoms with E-state index in [0.29, 0.717) is 36.8 Å². The molecule has 0 amide bonds. The summed E-state index contributed by atoms with van der Waals surface area (Å²) < 4.78 is 11.0. The van der Waals surface area contributed by atoms with Crippen molar-refractivity contribution < 1.29 is 19.1 Å². The van der Waals surface area contributed by atoms with Crippen LogP contribution < -0.4 is 4.74 Å². The van der Waals surface area contributed by atoms with Crippen LogP contribution in [0.1, 0.15) is 78.2 Å². The molecular weight excluding hydrogens is 462 g/mol. The number of hydrogen-bond donors (Lipinski definition) is 0. The SMILES string of the molecule is CCOc1ccc(C2C3=C(CC(C)(C)CC3=O)N(CCCOC)C3=C2C(=O)CC(C)(C)C3)cc1Cl. The Balaban J connectivity index is 1.93. The van der Waals surface area contributed by atoms with Gasteiger partial charge in [0.05, 0.1) is 11.6 Å². The van der Waals surface area contributed by atoms with Gasteiger partial charge in [-0.05, 0) is 54.7 Å². The van der Waals surface area contributed by atoms with Gasteiger partial charge in [0, 0.05) is 61.6 Å². The van der Waals surface area contributed by atoms with Crippen LogP contribution in [0.3, 0.4) is 0 Å². The van der Waals surface area contributed by atoms with E-state index in [1.165, 1.54) is 0 Å². The lowest BCUT2D eigenvalue weighted by molar-refractivity contribution is -0.119. The predicted octanol–water partition coefficient (Wildman–Crippen LogP) is 6.46. The minimum absolute atomic E-state index is 0.132. The third-order valence-corrected chi connectivity index (χ3v) is 7.64. The van der Waals surface area contributed by atoms with Gasteiger partial charge in [-0.25, -0.2) is 0 Å². The number of nitrogens with zero attached hydrogens (tertiary/aromatic N) is 1. The number of ketones is 2. The Bertz CT molecular complexity index is 1040. The van der Waals surface area contributed by atoms with Crippen LogP contribution in [0.15, 0.2) is 40.7 Å². The molecule has 2 aliphatic carbocycles. The van der Waals surface area contributed by atoms with Gasteiger partial charge in [-0.2, -0.15) is 0 Å². The Hall–Kier alpha value is -2.11. The highest BCUT2D eigenvalue weighted by molar-refractivity contribution is 6.32. The summed E-state index contributed by atoms with van der Waals surface area (Å²) in [5, 5.41) is 0.503. The molecule has 0 saturated carbocycles. The molecular formula is C29H38ClNO4. The second-order valence-electron chi connectivity index (χ2n) is 11.7. The van der Waals surface area contributed by atoms with Crippen molar-refractivity contribution in [2.24, 2.45) is 10.8 Å². The van der Waals surface area contributed by atoms with Crippen LogP contribution in [-0.2, 0) is 14.3 Å². The van der Waals surface area contributed by atoms with Gasteiger partial charge in [-0.3, -0.25) is 9.59 Å². The summed E-state index contributed by atoms with van der Waals surface area (Å²) in [4.78, 5) is 29.8. The largest absolute Gasteiger partial charge is 0.492 e. The molecule has 0 atom stereocenters. The van der Waals surface area contributed by atoms with Crippen LogP contribution in [0.25, 0.3) is 0 Å². The standard InChI is InChI=1S/C29H38ClNO4/c1-7-35-24-10-9-18(13-19(24)30)25-26-20(14-28(2,3)16-22(26)32)31(11-8-12-34-6)21-15-29(4,5)17-23(33)27(21)25/h9-10,13,25H,7-8,11-12,14-17H2,1-6H3. The fourth-order valence-electron chi connectivity index (χ4n) is 5.99. The number of carbonyl (C=O) groups excluding carboxylic acids is 2. The van der Waals surface area contributed by atoms with Gasteiger partial charge >= 0.3 is 0 Å². The summed E-state index contributed by atoms with van der Waals surface area (Å²) in [6, 6.07) is 5.71. The molecule has 0 radical (unpaired) electrons. The summed E-state index contributed by atoms with van der Waals surface area (Å²) >= 11 is 6.60. The number of ether oxygens (including phenoxy) is 2. The summed E-state index contributed by atoms with van der Waals surface area (Å²) in [5.74, 6) is 0.490. The third kappa shape index (κ3) is 5.08. The zero-order valence-electron chi connectivity index (χ0n) is 21.9. The zero-order valence-corrected chi connectivity index (χ0v) is 22.7. The highest BCUT2D eigenvalue weighted by atomic mass is 35.5. The van der Waals surface area contributed by atoms with Crippen LogP contribution in [0, 0.1) is 10.8 Å². The van der Waals surface area contributed by atoms with E-state index in [1.807, 2.05) is 25.1 Å². The molecule has 0 aromatic heterocycles. The van der Waals surface area contributed by atoms with Crippen LogP contribution in [0.4, 0.5) is 0 Å². The molecule has 0 fully saturated rings. The van der Waals surface area contributed by atoms with Gasteiger partial charge in [0.25, 0.3) is 0 Å². The first-order chi connectivity index (χ1) is 16.5. The second kappa shape index (κ2) is 9.74. The molecule has 4 rings (SSSR count). The number of carbonyl (C=O) groups is 2. The van der Waals surface area contributed by atoms with E-state index in [1.54, 1.807) is 7.11 Å². The van der Waals surface area contributed by atoms with Gasteiger partial charge in [0.1, 0.15) is 5.75 Å². The van der Waals surface area contributed by atoms with E-state index < -0.39 is 0 Å². The van der Waals surface area contributed by atoms with E-state index >= 15 is 0 Å². The van der Waals surface area contributed by atoms with Crippen molar-refractivity contribution in [2.45, 2.75) is 72.6 Å². The van der Waals surface area contributed by atoms with Gasteiger partial charge in [-0.15, -0.1) is 0 Å². The Kier molecular flexibility index (Phi) is 7.23. The fraction of sp³-hybridized carbons (Fsp3) is 0.586. The highest BCUT2D eigenvalue weighted by Gasteiger charge is 2.48. The normalized spacial score (nSPS) is 21.9. The molecule has 3 aliphatic rings. The summed E-state index contributed by atoms with van der Waals surface area (Å²) in [7, 11) is 1.71. The number of rotatable bonds is 7. The van der Waals surface area contributed by atoms with E-state index in [2.05, 4.69) is 32.6 Å². The Morgan fingerprint density at radius 1 is 0.971 bits per heavy atom. The monoisotopic (exact) mass is 499 g/mol. The van der Waals surface area contributed by atoms with Crippen LogP contribution in [0.2, 0.25) is 5.02 Å². The van der Waals surface area contributed by atoms with Crippen LogP contribution in [0.5, 0.6) is 5.75 Å². The van der Waals surface area contributed by atoms with Gasteiger partial charge in [0.15, 0.2) is 11.6 Å². The van der Waals surface area contributed by atoms with E-state index in [0.717, 1.165) is 53.9 Å². The minimum Gasteiger partial charge on any atom is -0.492 e. The molecule has 1 heterocycles. The molecule has 1 aromatic rings. The molecule has 0 spiro atoms. The molecule has 0 saturated heterocycles. The Morgan fingerprint density at radius 2 is 1.54 bits per heavy atom. The summed E-state index contributed by atoms with van der Waals surface area (Å²) in [6.07, 6.45) is 3.37. The van der Waals surface area contributed by atoms with E-state index in [4.69, 9.17) is 21.1 Å². The van der Waals surface area contributed by atoms with E-state index in [9.17, 15) is 9.59 Å². The van der Waals surface area contributed by atoms with Crippen LogP contribution >= 0.6 is 11.6 Å². The number of hydrogen-bond acceptors (Lipinski definition) is 5. The van der Waals surface area contributed by atoms with Crippen molar-refractivity contribution in [2.75, 3.05) is 26.9 Å². The smallest absolute Gasteiger partial charge is 0.162 e. The predicted molar refractivity (Wildman–Crippen MR) is 139 cm³/mol. The first kappa shape index (κ1) is 26.0. The Labute approximate surface area is 214 Å². The lowest BCUT2D eigenvalue weighted by Gasteiger charge is -2.49.